The quantitative estimate of drug-likeness (QED) is 0.793. The number of benzene rings is 1. The van der Waals surface area contributed by atoms with E-state index in [2.05, 4.69) is 10.3 Å². The summed E-state index contributed by atoms with van der Waals surface area (Å²) in [4.78, 5) is 15.3. The first-order valence-electron chi connectivity index (χ1n) is 9.27. The summed E-state index contributed by atoms with van der Waals surface area (Å²) in [6.45, 7) is 1.45. The van der Waals surface area contributed by atoms with Gasteiger partial charge in [-0.2, -0.15) is 0 Å². The van der Waals surface area contributed by atoms with E-state index in [1.165, 1.54) is 23.2 Å². The lowest BCUT2D eigenvalue weighted by Crippen LogP contribution is -2.46. The number of halogens is 2. The number of amides is 1. The van der Waals surface area contributed by atoms with E-state index < -0.39 is 23.8 Å². The van der Waals surface area contributed by atoms with Crippen molar-refractivity contribution in [3.8, 4) is 0 Å². The molecule has 3 aliphatic rings. The molecular formula is C18H19F2N5O3. The molecule has 3 atom stereocenters. The molecule has 0 N–H and O–H groups in total. The topological polar surface area (TPSA) is 72.7 Å². The zero-order valence-electron chi connectivity index (χ0n) is 15.0. The molecular weight excluding hydrogens is 372 g/mol. The number of hydrogen-bond donors (Lipinski definition) is 0. The van der Waals surface area contributed by atoms with Crippen LogP contribution in [0.1, 0.15) is 12.8 Å². The number of anilines is 2. The maximum atomic E-state index is 14.9. The standard InChI is InChI=1S/C18H19F2N5O3/c19-15-5-13(24-8-14(28-18(24)26)7-23-4-3-21-22-23)6-16(20)17(15)25-11-1-2-12(25)10-27-9-11/h3-6,11-12,14H,1-2,7-10H2/t11?,12?,14-/m0/s1. The highest BCUT2D eigenvalue weighted by Crippen LogP contribution is 2.39. The van der Waals surface area contributed by atoms with Gasteiger partial charge in [0.05, 0.1) is 50.3 Å². The summed E-state index contributed by atoms with van der Waals surface area (Å²) in [5, 5.41) is 7.54. The van der Waals surface area contributed by atoms with Gasteiger partial charge in [0.15, 0.2) is 11.6 Å². The summed E-state index contributed by atoms with van der Waals surface area (Å²) >= 11 is 0. The highest BCUT2D eigenvalue weighted by Gasteiger charge is 2.41. The van der Waals surface area contributed by atoms with Crippen LogP contribution < -0.4 is 9.80 Å². The van der Waals surface area contributed by atoms with Gasteiger partial charge in [-0.3, -0.25) is 4.90 Å². The number of cyclic esters (lactones) is 1. The van der Waals surface area contributed by atoms with Crippen molar-refractivity contribution in [1.29, 1.82) is 0 Å². The predicted octanol–water partition coefficient (Wildman–Crippen LogP) is 1.95. The first kappa shape index (κ1) is 17.4. The SMILES string of the molecule is O=C1O[C@@H](Cn2ccnn2)CN1c1cc(F)c(N2C3CCC2COC3)c(F)c1. The third kappa shape index (κ3) is 2.88. The third-order valence-corrected chi connectivity index (χ3v) is 5.55. The highest BCUT2D eigenvalue weighted by atomic mass is 19.1. The van der Waals surface area contributed by atoms with Gasteiger partial charge in [-0.1, -0.05) is 5.21 Å². The van der Waals surface area contributed by atoms with Crippen LogP contribution in [0.5, 0.6) is 0 Å². The Labute approximate surface area is 159 Å². The number of fused-ring (bicyclic) bond motifs is 2. The number of morpholine rings is 1. The monoisotopic (exact) mass is 391 g/mol. The van der Waals surface area contributed by atoms with E-state index in [1.807, 2.05) is 0 Å². The van der Waals surface area contributed by atoms with E-state index >= 15 is 0 Å². The lowest BCUT2D eigenvalue weighted by Gasteiger charge is -2.37. The normalized spacial score (nSPS) is 26.8. The largest absolute Gasteiger partial charge is 0.442 e. The van der Waals surface area contributed by atoms with Crippen molar-refractivity contribution in [2.24, 2.45) is 0 Å². The number of nitrogens with zero attached hydrogens (tertiary/aromatic N) is 5. The highest BCUT2D eigenvalue weighted by molar-refractivity contribution is 5.90. The van der Waals surface area contributed by atoms with Crippen LogP contribution in [0.3, 0.4) is 0 Å². The second-order valence-electron chi connectivity index (χ2n) is 7.33. The number of hydrogen-bond acceptors (Lipinski definition) is 6. The summed E-state index contributed by atoms with van der Waals surface area (Å²) in [5.41, 5.74) is 0.108. The number of ether oxygens (including phenoxy) is 2. The van der Waals surface area contributed by atoms with E-state index in [4.69, 9.17) is 9.47 Å². The van der Waals surface area contributed by atoms with Gasteiger partial charge in [0.2, 0.25) is 0 Å². The number of carbonyl (C=O) groups is 1. The van der Waals surface area contributed by atoms with Crippen molar-refractivity contribution in [2.75, 3.05) is 29.6 Å². The Morgan fingerprint density at radius 2 is 1.86 bits per heavy atom. The molecule has 10 heteroatoms. The molecule has 4 heterocycles. The Hall–Kier alpha value is -2.75. The second-order valence-corrected chi connectivity index (χ2v) is 7.33. The number of rotatable bonds is 4. The molecule has 3 saturated heterocycles. The van der Waals surface area contributed by atoms with Crippen molar-refractivity contribution < 1.29 is 23.0 Å². The molecule has 5 rings (SSSR count). The summed E-state index contributed by atoms with van der Waals surface area (Å²) < 4.78 is 42.2. The molecule has 2 aromatic rings. The molecule has 2 unspecified atom stereocenters. The zero-order valence-corrected chi connectivity index (χ0v) is 15.0. The Bertz CT molecular complexity index is 854. The molecule has 0 radical (unpaired) electrons. The number of aromatic nitrogens is 3. The van der Waals surface area contributed by atoms with Gasteiger partial charge in [-0.05, 0) is 12.8 Å². The van der Waals surface area contributed by atoms with E-state index in [0.717, 1.165) is 12.8 Å². The lowest BCUT2D eigenvalue weighted by molar-refractivity contribution is 0.0898. The maximum absolute atomic E-state index is 14.9. The Balaban J connectivity index is 1.38. The Kier molecular flexibility index (Phi) is 4.15. The van der Waals surface area contributed by atoms with Crippen molar-refractivity contribution in [3.63, 3.8) is 0 Å². The molecule has 3 aliphatic heterocycles. The van der Waals surface area contributed by atoms with Crippen LogP contribution >= 0.6 is 0 Å². The summed E-state index contributed by atoms with van der Waals surface area (Å²) in [7, 11) is 0. The lowest BCUT2D eigenvalue weighted by atomic mass is 10.1. The molecule has 1 amide bonds. The van der Waals surface area contributed by atoms with Gasteiger partial charge in [0.25, 0.3) is 0 Å². The molecule has 3 fully saturated rings. The molecule has 28 heavy (non-hydrogen) atoms. The van der Waals surface area contributed by atoms with E-state index in [1.54, 1.807) is 15.8 Å². The van der Waals surface area contributed by atoms with Gasteiger partial charge in [0, 0.05) is 18.3 Å². The van der Waals surface area contributed by atoms with Crippen LogP contribution in [-0.4, -0.2) is 59.0 Å². The van der Waals surface area contributed by atoms with Crippen molar-refractivity contribution in [1.82, 2.24) is 15.0 Å². The van der Waals surface area contributed by atoms with Gasteiger partial charge >= 0.3 is 6.09 Å². The average Bonchev–Trinajstić information content (AvgIpc) is 3.34. The van der Waals surface area contributed by atoms with Crippen LogP contribution in [0.2, 0.25) is 0 Å². The van der Waals surface area contributed by atoms with E-state index in [9.17, 15) is 13.6 Å². The van der Waals surface area contributed by atoms with Crippen LogP contribution in [0.15, 0.2) is 24.5 Å². The smallest absolute Gasteiger partial charge is 0.414 e. The van der Waals surface area contributed by atoms with Crippen molar-refractivity contribution >= 4 is 17.5 Å². The minimum Gasteiger partial charge on any atom is -0.442 e. The fraction of sp³-hybridized carbons (Fsp3) is 0.500. The maximum Gasteiger partial charge on any atom is 0.414 e. The first-order valence-corrected chi connectivity index (χ1v) is 9.27. The third-order valence-electron chi connectivity index (χ3n) is 5.55. The summed E-state index contributed by atoms with van der Waals surface area (Å²) in [6, 6.07) is 2.37. The minimum atomic E-state index is -0.679. The van der Waals surface area contributed by atoms with Crippen LogP contribution in [0.4, 0.5) is 25.0 Å². The van der Waals surface area contributed by atoms with Gasteiger partial charge in [-0.15, -0.1) is 5.10 Å². The fourth-order valence-electron chi connectivity index (χ4n) is 4.31. The van der Waals surface area contributed by atoms with Gasteiger partial charge < -0.3 is 14.4 Å². The first-order chi connectivity index (χ1) is 13.6. The average molecular weight is 391 g/mol. The van der Waals surface area contributed by atoms with E-state index in [-0.39, 0.29) is 30.0 Å². The zero-order chi connectivity index (χ0) is 19.3. The summed E-state index contributed by atoms with van der Waals surface area (Å²) in [5.74, 6) is -1.36. The second kappa shape index (κ2) is 6.69. The molecule has 1 aromatic heterocycles. The van der Waals surface area contributed by atoms with Crippen LogP contribution in [0, 0.1) is 11.6 Å². The molecule has 8 nitrogen and oxygen atoms in total. The molecule has 0 spiro atoms. The molecule has 2 bridgehead atoms. The van der Waals surface area contributed by atoms with Crippen molar-refractivity contribution in [2.45, 2.75) is 37.6 Å². The van der Waals surface area contributed by atoms with Crippen LogP contribution in [0.25, 0.3) is 0 Å². The van der Waals surface area contributed by atoms with E-state index in [0.29, 0.717) is 19.8 Å². The molecule has 1 aromatic carbocycles. The predicted molar refractivity (Wildman–Crippen MR) is 94.1 cm³/mol. The van der Waals surface area contributed by atoms with Crippen LogP contribution in [-0.2, 0) is 16.0 Å². The number of carbonyl (C=O) groups excluding carboxylic acids is 1. The summed E-state index contributed by atoms with van der Waals surface area (Å²) in [6.07, 6.45) is 3.78. The van der Waals surface area contributed by atoms with Gasteiger partial charge in [0.1, 0.15) is 11.8 Å². The van der Waals surface area contributed by atoms with Crippen molar-refractivity contribution in [3.05, 3.63) is 36.2 Å². The molecule has 0 aliphatic carbocycles. The molecule has 0 saturated carbocycles. The Morgan fingerprint density at radius 1 is 1.14 bits per heavy atom. The van der Waals surface area contributed by atoms with Gasteiger partial charge in [-0.25, -0.2) is 18.3 Å². The molecule has 148 valence electrons. The minimum absolute atomic E-state index is 0.0163. The fourth-order valence-corrected chi connectivity index (χ4v) is 4.31. The Morgan fingerprint density at radius 3 is 2.50 bits per heavy atom.